The van der Waals surface area contributed by atoms with Crippen LogP contribution in [0, 0.1) is 11.8 Å². The Labute approximate surface area is 255 Å². The van der Waals surface area contributed by atoms with Gasteiger partial charge in [-0.15, -0.1) is 0 Å². The van der Waals surface area contributed by atoms with Crippen molar-refractivity contribution in [1.82, 2.24) is 20.4 Å². The quantitative estimate of drug-likeness (QED) is 0.194. The number of amides is 4. The van der Waals surface area contributed by atoms with Crippen LogP contribution >= 0.6 is 0 Å². The van der Waals surface area contributed by atoms with Crippen molar-refractivity contribution in [2.75, 3.05) is 34.4 Å². The first-order chi connectivity index (χ1) is 20.5. The molecule has 0 unspecified atom stereocenters. The molecule has 1 saturated heterocycles. The van der Waals surface area contributed by atoms with Gasteiger partial charge in [0.1, 0.15) is 6.29 Å². The second-order valence-corrected chi connectivity index (χ2v) is 11.3. The van der Waals surface area contributed by atoms with E-state index in [2.05, 4.69) is 17.2 Å². The minimum atomic E-state index is -0.701. The molecule has 0 bridgehead atoms. The van der Waals surface area contributed by atoms with Crippen molar-refractivity contribution >= 4 is 30.4 Å². The molecule has 7 atom stereocenters. The molecule has 4 amide bonds. The zero-order valence-electron chi connectivity index (χ0n) is 26.3. The normalized spacial score (nSPS) is 19.0. The third kappa shape index (κ3) is 9.72. The first kappa shape index (κ1) is 35.6. The summed E-state index contributed by atoms with van der Waals surface area (Å²) in [5, 5.41) is 5.22. The first-order valence-electron chi connectivity index (χ1n) is 14.8. The molecule has 238 valence electrons. The summed E-state index contributed by atoms with van der Waals surface area (Å²) in [4.78, 5) is 65.6. The average molecular weight is 601 g/mol. The number of hydrogen-bond acceptors (Lipinski definition) is 7. The summed E-state index contributed by atoms with van der Waals surface area (Å²) in [6.07, 6.45) is 1.49. The van der Waals surface area contributed by atoms with Crippen LogP contribution in [0.15, 0.2) is 42.5 Å². The number of methoxy groups -OCH3 is 2. The van der Waals surface area contributed by atoms with Crippen LogP contribution in [0.3, 0.4) is 0 Å². The molecule has 1 aromatic carbocycles. The van der Waals surface area contributed by atoms with Crippen molar-refractivity contribution in [3.63, 3.8) is 0 Å². The Balaban J connectivity index is 2.20. The third-order valence-corrected chi connectivity index (χ3v) is 8.42. The van der Waals surface area contributed by atoms with E-state index in [0.29, 0.717) is 25.8 Å². The van der Waals surface area contributed by atoms with Crippen LogP contribution in [-0.2, 0) is 39.9 Å². The SMILES string of the molecule is C=C1C[C@@H]([C@H](OC)[C@@H](C)C(=O)N[C@H](C=O)Cc2ccccc2)N(C(=O)C[C@@H](OC)[C@H]([C@@H](C)CC)N(C)C(=O)CNC=O)C1. The largest absolute Gasteiger partial charge is 0.379 e. The van der Waals surface area contributed by atoms with E-state index >= 15 is 0 Å². The van der Waals surface area contributed by atoms with Gasteiger partial charge in [0.25, 0.3) is 0 Å². The molecule has 0 aromatic heterocycles. The fraction of sp³-hybridized carbons (Fsp3) is 0.594. The number of nitrogens with one attached hydrogen (secondary N) is 2. The molecule has 0 aliphatic carbocycles. The molecule has 1 aromatic rings. The van der Waals surface area contributed by atoms with Crippen LogP contribution in [0.4, 0.5) is 0 Å². The van der Waals surface area contributed by atoms with Gasteiger partial charge in [0.15, 0.2) is 0 Å². The fourth-order valence-corrected chi connectivity index (χ4v) is 5.85. The molecule has 43 heavy (non-hydrogen) atoms. The van der Waals surface area contributed by atoms with Gasteiger partial charge in [-0.1, -0.05) is 69.7 Å². The lowest BCUT2D eigenvalue weighted by Gasteiger charge is -2.39. The van der Waals surface area contributed by atoms with E-state index in [1.807, 2.05) is 44.2 Å². The second kappa shape index (κ2) is 17.5. The highest BCUT2D eigenvalue weighted by atomic mass is 16.5. The maximum absolute atomic E-state index is 13.8. The summed E-state index contributed by atoms with van der Waals surface area (Å²) in [6, 6.07) is 7.85. The Kier molecular flexibility index (Phi) is 14.5. The zero-order chi connectivity index (χ0) is 32.1. The van der Waals surface area contributed by atoms with Gasteiger partial charge < -0.3 is 34.7 Å². The monoisotopic (exact) mass is 600 g/mol. The number of hydrogen-bond donors (Lipinski definition) is 2. The second-order valence-electron chi connectivity index (χ2n) is 11.3. The number of likely N-dealkylation sites (N-methyl/N-ethyl adjacent to an activating group) is 1. The summed E-state index contributed by atoms with van der Waals surface area (Å²) in [5.41, 5.74) is 1.76. The Bertz CT molecular complexity index is 1100. The molecular formula is C32H48N4O7. The summed E-state index contributed by atoms with van der Waals surface area (Å²) in [7, 11) is 4.66. The van der Waals surface area contributed by atoms with Crippen molar-refractivity contribution in [1.29, 1.82) is 0 Å². The van der Waals surface area contributed by atoms with E-state index in [1.165, 1.54) is 19.1 Å². The highest BCUT2D eigenvalue weighted by Gasteiger charge is 2.43. The van der Waals surface area contributed by atoms with Crippen LogP contribution in [0.1, 0.15) is 45.6 Å². The number of likely N-dealkylation sites (tertiary alicyclic amines) is 1. The van der Waals surface area contributed by atoms with Gasteiger partial charge in [-0.25, -0.2) is 0 Å². The minimum Gasteiger partial charge on any atom is -0.379 e. The minimum absolute atomic E-state index is 0.00404. The summed E-state index contributed by atoms with van der Waals surface area (Å²) in [5.74, 6) is -1.51. The van der Waals surface area contributed by atoms with Crippen LogP contribution in [0.2, 0.25) is 0 Å². The first-order valence-corrected chi connectivity index (χ1v) is 14.8. The number of aldehydes is 1. The lowest BCUT2D eigenvalue weighted by molar-refractivity contribution is -0.145. The lowest BCUT2D eigenvalue weighted by Crippen LogP contribution is -2.54. The molecule has 2 N–H and O–H groups in total. The number of nitrogens with zero attached hydrogens (tertiary/aromatic N) is 2. The molecule has 11 nitrogen and oxygen atoms in total. The fourth-order valence-electron chi connectivity index (χ4n) is 5.85. The molecule has 11 heteroatoms. The number of benzene rings is 1. The van der Waals surface area contributed by atoms with Crippen LogP contribution in [0.5, 0.6) is 0 Å². The van der Waals surface area contributed by atoms with E-state index in [4.69, 9.17) is 9.47 Å². The number of rotatable bonds is 18. The number of ether oxygens (including phenoxy) is 2. The van der Waals surface area contributed by atoms with Gasteiger partial charge in [-0.2, -0.15) is 0 Å². The van der Waals surface area contributed by atoms with Crippen LogP contribution in [-0.4, -0.2) is 105 Å². The van der Waals surface area contributed by atoms with E-state index in [0.717, 1.165) is 23.8 Å². The van der Waals surface area contributed by atoms with Gasteiger partial charge in [0.2, 0.25) is 24.1 Å². The van der Waals surface area contributed by atoms with E-state index in [-0.39, 0.29) is 36.6 Å². The van der Waals surface area contributed by atoms with Gasteiger partial charge in [0, 0.05) is 27.8 Å². The van der Waals surface area contributed by atoms with Gasteiger partial charge in [-0.05, 0) is 24.3 Å². The van der Waals surface area contributed by atoms with Crippen molar-refractivity contribution in [2.24, 2.45) is 11.8 Å². The molecule has 1 aliphatic heterocycles. The van der Waals surface area contributed by atoms with Crippen molar-refractivity contribution in [3.05, 3.63) is 48.0 Å². The molecule has 0 spiro atoms. The summed E-state index contributed by atoms with van der Waals surface area (Å²) in [6.45, 7) is 9.98. The summed E-state index contributed by atoms with van der Waals surface area (Å²) >= 11 is 0. The maximum Gasteiger partial charge on any atom is 0.242 e. The molecule has 1 heterocycles. The smallest absolute Gasteiger partial charge is 0.242 e. The maximum atomic E-state index is 13.8. The number of carbonyl (C=O) groups is 5. The third-order valence-electron chi connectivity index (χ3n) is 8.42. The highest BCUT2D eigenvalue weighted by Crippen LogP contribution is 2.31. The Morgan fingerprint density at radius 3 is 2.37 bits per heavy atom. The molecule has 0 radical (unpaired) electrons. The van der Waals surface area contributed by atoms with E-state index < -0.39 is 36.3 Å². The number of carbonyl (C=O) groups excluding carboxylic acids is 5. The van der Waals surface area contributed by atoms with Crippen LogP contribution in [0.25, 0.3) is 0 Å². The molecule has 2 rings (SSSR count). The zero-order valence-corrected chi connectivity index (χ0v) is 26.3. The Morgan fingerprint density at radius 2 is 1.81 bits per heavy atom. The average Bonchev–Trinajstić information content (AvgIpc) is 3.40. The van der Waals surface area contributed by atoms with Gasteiger partial charge in [-0.3, -0.25) is 19.2 Å². The standard InChI is InChI=1S/C32H48N4O7/c1-8-22(3)30(35(5)29(40)17-33-20-38)27(42-6)16-28(39)36-18-21(2)14-26(36)31(43-7)23(4)32(41)34-25(19-37)15-24-12-10-9-11-13-24/h9-13,19-20,22-23,25-27,30-31H,2,8,14-18H2,1,3-7H3,(H,33,38)(H,34,41)/t22-,23+,25-,26-,27+,30-,31+/m0/s1. The van der Waals surface area contributed by atoms with Gasteiger partial charge in [0.05, 0.1) is 49.2 Å². The summed E-state index contributed by atoms with van der Waals surface area (Å²) < 4.78 is 11.6. The lowest BCUT2D eigenvalue weighted by atomic mass is 9.90. The molecule has 1 fully saturated rings. The predicted octanol–water partition coefficient (Wildman–Crippen LogP) is 1.75. The van der Waals surface area contributed by atoms with Crippen molar-refractivity contribution in [3.8, 4) is 0 Å². The van der Waals surface area contributed by atoms with Crippen molar-refractivity contribution in [2.45, 2.75) is 76.8 Å². The van der Waals surface area contributed by atoms with Crippen molar-refractivity contribution < 1.29 is 33.4 Å². The highest BCUT2D eigenvalue weighted by molar-refractivity contribution is 5.83. The molecule has 1 aliphatic rings. The molecular weight excluding hydrogens is 552 g/mol. The molecule has 0 saturated carbocycles. The van der Waals surface area contributed by atoms with Crippen LogP contribution < -0.4 is 10.6 Å². The van der Waals surface area contributed by atoms with E-state index in [9.17, 15) is 24.0 Å². The van der Waals surface area contributed by atoms with Gasteiger partial charge >= 0.3 is 0 Å². The van der Waals surface area contributed by atoms with E-state index in [1.54, 1.807) is 18.9 Å². The Morgan fingerprint density at radius 1 is 1.14 bits per heavy atom. The predicted molar refractivity (Wildman–Crippen MR) is 163 cm³/mol. The Hall–Kier alpha value is -3.57. The topological polar surface area (TPSA) is 134 Å².